The van der Waals surface area contributed by atoms with Gasteiger partial charge in [-0.1, -0.05) is 13.8 Å². The van der Waals surface area contributed by atoms with Crippen LogP contribution in [0.3, 0.4) is 0 Å². The van der Waals surface area contributed by atoms with E-state index in [1.165, 1.54) is 5.56 Å². The molecule has 0 radical (unpaired) electrons. The number of halogens is 1. The van der Waals surface area contributed by atoms with Gasteiger partial charge in [0, 0.05) is 12.6 Å². The van der Waals surface area contributed by atoms with Gasteiger partial charge in [-0.15, -0.1) is 0 Å². The average Bonchev–Trinajstić information content (AvgIpc) is 2.39. The van der Waals surface area contributed by atoms with Crippen LogP contribution in [0.5, 0.6) is 11.5 Å². The molecule has 0 bridgehead atoms. The van der Waals surface area contributed by atoms with E-state index in [1.807, 2.05) is 6.07 Å². The van der Waals surface area contributed by atoms with Gasteiger partial charge in [0.15, 0.2) is 11.5 Å². The molecule has 0 unspecified atom stereocenters. The van der Waals surface area contributed by atoms with Gasteiger partial charge in [-0.3, -0.25) is 0 Å². The molecular weight excluding hydrogens is 341 g/mol. The van der Waals surface area contributed by atoms with Crippen molar-refractivity contribution in [2.45, 2.75) is 39.3 Å². The highest BCUT2D eigenvalue weighted by molar-refractivity contribution is 14.1. The molecule has 0 aliphatic rings. The van der Waals surface area contributed by atoms with Crippen LogP contribution in [0.25, 0.3) is 0 Å². The van der Waals surface area contributed by atoms with Gasteiger partial charge in [0.05, 0.1) is 17.8 Å². The molecule has 0 fully saturated rings. The fourth-order valence-corrected chi connectivity index (χ4v) is 2.80. The van der Waals surface area contributed by atoms with Crippen molar-refractivity contribution >= 4 is 22.6 Å². The largest absolute Gasteiger partial charge is 0.493 e. The van der Waals surface area contributed by atoms with Gasteiger partial charge < -0.3 is 14.8 Å². The monoisotopic (exact) mass is 363 g/mol. The van der Waals surface area contributed by atoms with E-state index in [0.717, 1.165) is 34.5 Å². The van der Waals surface area contributed by atoms with Crippen LogP contribution in [0.2, 0.25) is 0 Å². The maximum absolute atomic E-state index is 5.36. The zero-order valence-corrected chi connectivity index (χ0v) is 13.7. The highest BCUT2D eigenvalue weighted by Crippen LogP contribution is 2.33. The van der Waals surface area contributed by atoms with Crippen LogP contribution in [0, 0.1) is 3.57 Å². The molecule has 102 valence electrons. The van der Waals surface area contributed by atoms with Crippen molar-refractivity contribution in [1.29, 1.82) is 0 Å². The van der Waals surface area contributed by atoms with Gasteiger partial charge in [-0.25, -0.2) is 0 Å². The van der Waals surface area contributed by atoms with E-state index < -0.39 is 0 Å². The summed E-state index contributed by atoms with van der Waals surface area (Å²) in [6.07, 6.45) is 2.31. The second kappa shape index (κ2) is 7.84. The summed E-state index contributed by atoms with van der Waals surface area (Å²) < 4.78 is 11.8. The predicted octanol–water partition coefficient (Wildman–Crippen LogP) is 3.59. The number of nitrogens with one attached hydrogen (secondary N) is 1. The summed E-state index contributed by atoms with van der Waals surface area (Å²) in [5.41, 5.74) is 1.23. The first-order valence-corrected chi connectivity index (χ1v) is 7.37. The van der Waals surface area contributed by atoms with E-state index >= 15 is 0 Å². The Morgan fingerprint density at radius 1 is 1.17 bits per heavy atom. The van der Waals surface area contributed by atoms with Crippen LogP contribution in [0.15, 0.2) is 12.1 Å². The van der Waals surface area contributed by atoms with E-state index in [1.54, 1.807) is 14.2 Å². The Balaban J connectivity index is 2.81. The van der Waals surface area contributed by atoms with Gasteiger partial charge in [0.2, 0.25) is 0 Å². The normalized spacial score (nSPS) is 10.8. The number of methoxy groups -OCH3 is 2. The van der Waals surface area contributed by atoms with E-state index in [9.17, 15) is 0 Å². The number of benzene rings is 1. The van der Waals surface area contributed by atoms with Crippen LogP contribution < -0.4 is 14.8 Å². The van der Waals surface area contributed by atoms with Gasteiger partial charge in [0.1, 0.15) is 0 Å². The van der Waals surface area contributed by atoms with E-state index in [2.05, 4.69) is 47.8 Å². The molecule has 0 aliphatic carbocycles. The van der Waals surface area contributed by atoms with Crippen molar-refractivity contribution in [2.75, 3.05) is 14.2 Å². The lowest BCUT2D eigenvalue weighted by Gasteiger charge is -2.16. The molecule has 0 aliphatic heterocycles. The molecule has 0 spiro atoms. The highest BCUT2D eigenvalue weighted by atomic mass is 127. The van der Waals surface area contributed by atoms with Crippen LogP contribution in [-0.2, 0) is 6.54 Å². The lowest BCUT2D eigenvalue weighted by molar-refractivity contribution is 0.352. The summed E-state index contributed by atoms with van der Waals surface area (Å²) in [5.74, 6) is 1.61. The van der Waals surface area contributed by atoms with E-state index in [-0.39, 0.29) is 0 Å². The van der Waals surface area contributed by atoms with Gasteiger partial charge in [-0.2, -0.15) is 0 Å². The van der Waals surface area contributed by atoms with Crippen molar-refractivity contribution in [2.24, 2.45) is 0 Å². The Morgan fingerprint density at radius 3 is 2.33 bits per heavy atom. The Labute approximate surface area is 123 Å². The summed E-state index contributed by atoms with van der Waals surface area (Å²) in [6.45, 7) is 5.28. The third-order valence-corrected chi connectivity index (χ3v) is 3.88. The van der Waals surface area contributed by atoms with Crippen molar-refractivity contribution in [3.8, 4) is 11.5 Å². The van der Waals surface area contributed by atoms with Gasteiger partial charge >= 0.3 is 0 Å². The summed E-state index contributed by atoms with van der Waals surface area (Å²) in [4.78, 5) is 0. The summed E-state index contributed by atoms with van der Waals surface area (Å²) >= 11 is 2.28. The minimum absolute atomic E-state index is 0.579. The van der Waals surface area contributed by atoms with Crippen LogP contribution in [0.1, 0.15) is 32.3 Å². The minimum Gasteiger partial charge on any atom is -0.493 e. The number of ether oxygens (including phenoxy) is 2. The lowest BCUT2D eigenvalue weighted by atomic mass is 10.1. The smallest absolute Gasteiger partial charge is 0.174 e. The Kier molecular flexibility index (Phi) is 6.78. The fraction of sp³-hybridized carbons (Fsp3) is 0.571. The molecule has 0 saturated heterocycles. The molecule has 0 aromatic heterocycles. The topological polar surface area (TPSA) is 30.5 Å². The van der Waals surface area contributed by atoms with Gasteiger partial charge in [0.25, 0.3) is 0 Å². The molecule has 3 nitrogen and oxygen atoms in total. The fourth-order valence-electron chi connectivity index (χ4n) is 1.91. The Morgan fingerprint density at radius 2 is 1.83 bits per heavy atom. The summed E-state index contributed by atoms with van der Waals surface area (Å²) in [7, 11) is 3.34. The molecule has 0 atom stereocenters. The average molecular weight is 363 g/mol. The van der Waals surface area contributed by atoms with E-state index in [4.69, 9.17) is 9.47 Å². The van der Waals surface area contributed by atoms with Crippen LogP contribution in [0.4, 0.5) is 0 Å². The maximum Gasteiger partial charge on any atom is 0.174 e. The Hall–Kier alpha value is -0.490. The first-order chi connectivity index (χ1) is 8.65. The molecule has 0 amide bonds. The zero-order valence-electron chi connectivity index (χ0n) is 11.5. The van der Waals surface area contributed by atoms with Crippen molar-refractivity contribution in [3.05, 3.63) is 21.3 Å². The summed E-state index contributed by atoms with van der Waals surface area (Å²) in [5, 5.41) is 3.55. The van der Waals surface area contributed by atoms with Crippen molar-refractivity contribution < 1.29 is 9.47 Å². The van der Waals surface area contributed by atoms with Crippen molar-refractivity contribution in [3.63, 3.8) is 0 Å². The SMILES string of the molecule is CCC(CC)NCc1cc(I)c(OC)c(OC)c1. The first kappa shape index (κ1) is 15.6. The van der Waals surface area contributed by atoms with E-state index in [0.29, 0.717) is 6.04 Å². The summed E-state index contributed by atoms with van der Waals surface area (Å²) in [6, 6.07) is 4.75. The second-order valence-corrected chi connectivity index (χ2v) is 5.37. The first-order valence-electron chi connectivity index (χ1n) is 6.29. The standard InChI is InChI=1S/C14H22INO2/c1-5-11(6-2)16-9-10-7-12(15)14(18-4)13(8-10)17-3/h7-8,11,16H,5-6,9H2,1-4H3. The maximum atomic E-state index is 5.36. The highest BCUT2D eigenvalue weighted by Gasteiger charge is 2.11. The molecule has 0 heterocycles. The number of hydrogen-bond acceptors (Lipinski definition) is 3. The zero-order chi connectivity index (χ0) is 13.5. The number of hydrogen-bond donors (Lipinski definition) is 1. The second-order valence-electron chi connectivity index (χ2n) is 4.21. The molecule has 4 heteroatoms. The van der Waals surface area contributed by atoms with Crippen LogP contribution in [-0.4, -0.2) is 20.3 Å². The predicted molar refractivity (Wildman–Crippen MR) is 83.5 cm³/mol. The molecule has 1 aromatic rings. The lowest BCUT2D eigenvalue weighted by Crippen LogP contribution is -2.27. The quantitative estimate of drug-likeness (QED) is 0.752. The van der Waals surface area contributed by atoms with Crippen LogP contribution >= 0.6 is 22.6 Å². The third kappa shape index (κ3) is 4.02. The van der Waals surface area contributed by atoms with Crippen molar-refractivity contribution in [1.82, 2.24) is 5.32 Å². The minimum atomic E-state index is 0.579. The molecule has 18 heavy (non-hydrogen) atoms. The Bertz CT molecular complexity index is 378. The molecule has 0 saturated carbocycles. The molecule has 1 aromatic carbocycles. The molecule has 1 N–H and O–H groups in total. The molecule has 1 rings (SSSR count). The molecular formula is C14H22INO2. The third-order valence-electron chi connectivity index (χ3n) is 3.07. The number of rotatable bonds is 7. The van der Waals surface area contributed by atoms with Gasteiger partial charge in [-0.05, 0) is 53.1 Å².